The highest BCUT2D eigenvalue weighted by Crippen LogP contribution is 2.07. The lowest BCUT2D eigenvalue weighted by Crippen LogP contribution is -2.54. The van der Waals surface area contributed by atoms with E-state index in [0.717, 1.165) is 19.6 Å². The molecule has 2 saturated heterocycles. The molecule has 0 aliphatic carbocycles. The van der Waals surface area contributed by atoms with E-state index >= 15 is 0 Å². The molecule has 2 heterocycles. The Morgan fingerprint density at radius 1 is 1.11 bits per heavy atom. The van der Waals surface area contributed by atoms with Gasteiger partial charge in [-0.25, -0.2) is 0 Å². The predicted molar refractivity (Wildman–Crippen MR) is 72.7 cm³/mol. The van der Waals surface area contributed by atoms with Crippen molar-refractivity contribution in [3.05, 3.63) is 0 Å². The van der Waals surface area contributed by atoms with Crippen LogP contribution in [0.2, 0.25) is 0 Å². The van der Waals surface area contributed by atoms with Crippen LogP contribution in [0.5, 0.6) is 0 Å². The second kappa shape index (κ2) is 6.34. The van der Waals surface area contributed by atoms with Gasteiger partial charge in [0.25, 0.3) is 0 Å². The van der Waals surface area contributed by atoms with E-state index in [1.807, 2.05) is 4.90 Å². The van der Waals surface area contributed by atoms with Crippen LogP contribution < -0.4 is 5.32 Å². The fourth-order valence-corrected chi connectivity index (χ4v) is 2.74. The van der Waals surface area contributed by atoms with Crippen molar-refractivity contribution >= 4 is 11.8 Å². The molecule has 0 aromatic rings. The summed E-state index contributed by atoms with van der Waals surface area (Å²) in [6, 6.07) is 0.261. The molecule has 2 rings (SSSR count). The van der Waals surface area contributed by atoms with Crippen LogP contribution in [0.1, 0.15) is 13.3 Å². The van der Waals surface area contributed by atoms with E-state index in [4.69, 9.17) is 0 Å². The van der Waals surface area contributed by atoms with Gasteiger partial charge in [0.05, 0.1) is 0 Å². The number of carbonyl (C=O) groups excluding carboxylic acids is 2. The van der Waals surface area contributed by atoms with E-state index in [1.165, 1.54) is 0 Å². The van der Waals surface area contributed by atoms with E-state index in [2.05, 4.69) is 17.3 Å². The Hall–Kier alpha value is -1.14. The minimum atomic E-state index is 0.0997. The van der Waals surface area contributed by atoms with Crippen molar-refractivity contribution in [1.29, 1.82) is 0 Å². The smallest absolute Gasteiger partial charge is 0.224 e. The van der Waals surface area contributed by atoms with Gasteiger partial charge in [0, 0.05) is 65.2 Å². The van der Waals surface area contributed by atoms with Crippen molar-refractivity contribution in [3.63, 3.8) is 0 Å². The Bertz CT molecular complexity index is 340. The largest absolute Gasteiger partial charge is 0.339 e. The fraction of sp³-hybridized carbons (Fsp3) is 0.846. The molecular weight excluding hydrogens is 244 g/mol. The molecule has 2 fully saturated rings. The van der Waals surface area contributed by atoms with Crippen LogP contribution in [-0.4, -0.2) is 85.4 Å². The molecule has 1 unspecified atom stereocenters. The number of likely N-dealkylation sites (N-methyl/N-ethyl adjacent to an activating group) is 1. The summed E-state index contributed by atoms with van der Waals surface area (Å²) in [5.41, 5.74) is 0. The van der Waals surface area contributed by atoms with Crippen molar-refractivity contribution in [3.8, 4) is 0 Å². The molecule has 0 aromatic carbocycles. The molecule has 6 nitrogen and oxygen atoms in total. The molecule has 0 radical (unpaired) electrons. The van der Waals surface area contributed by atoms with E-state index < -0.39 is 0 Å². The maximum atomic E-state index is 12.2. The first-order valence-electron chi connectivity index (χ1n) is 7.01. The Labute approximate surface area is 114 Å². The fourth-order valence-electron chi connectivity index (χ4n) is 2.74. The van der Waals surface area contributed by atoms with E-state index in [0.29, 0.717) is 32.6 Å². The van der Waals surface area contributed by atoms with Crippen molar-refractivity contribution in [2.24, 2.45) is 0 Å². The highest BCUT2D eigenvalue weighted by Gasteiger charge is 2.25. The van der Waals surface area contributed by atoms with Gasteiger partial charge in [-0.05, 0) is 7.05 Å². The van der Waals surface area contributed by atoms with Crippen molar-refractivity contribution in [2.75, 3.05) is 52.9 Å². The molecule has 0 aromatic heterocycles. The number of amides is 2. The minimum Gasteiger partial charge on any atom is -0.339 e. The highest BCUT2D eigenvalue weighted by atomic mass is 16.2. The van der Waals surface area contributed by atoms with E-state index in [-0.39, 0.29) is 17.9 Å². The van der Waals surface area contributed by atoms with Crippen LogP contribution in [0.3, 0.4) is 0 Å². The third kappa shape index (κ3) is 3.91. The third-order valence-corrected chi connectivity index (χ3v) is 3.96. The average Bonchev–Trinajstić information content (AvgIpc) is 2.39. The number of nitrogens with zero attached hydrogens (tertiary/aromatic N) is 3. The Balaban J connectivity index is 1.76. The summed E-state index contributed by atoms with van der Waals surface area (Å²) in [4.78, 5) is 29.4. The van der Waals surface area contributed by atoms with Gasteiger partial charge < -0.3 is 20.0 Å². The van der Waals surface area contributed by atoms with Crippen LogP contribution in [0, 0.1) is 0 Å². The van der Waals surface area contributed by atoms with Gasteiger partial charge in [-0.2, -0.15) is 0 Å². The Morgan fingerprint density at radius 2 is 1.74 bits per heavy atom. The van der Waals surface area contributed by atoms with Crippen LogP contribution in [0.4, 0.5) is 0 Å². The zero-order valence-electron chi connectivity index (χ0n) is 11.9. The number of piperazine rings is 2. The number of nitrogens with one attached hydrogen (secondary N) is 1. The average molecular weight is 268 g/mol. The molecule has 0 spiro atoms. The Morgan fingerprint density at radius 3 is 2.32 bits per heavy atom. The van der Waals surface area contributed by atoms with Gasteiger partial charge >= 0.3 is 0 Å². The molecule has 108 valence electrons. The predicted octanol–water partition coefficient (Wildman–Crippen LogP) is -1.03. The van der Waals surface area contributed by atoms with Gasteiger partial charge in [-0.1, -0.05) is 0 Å². The molecule has 1 atom stereocenters. The maximum absolute atomic E-state index is 12.2. The first kappa shape index (κ1) is 14.3. The molecule has 1 N–H and O–H groups in total. The Kier molecular flexibility index (Phi) is 4.76. The summed E-state index contributed by atoms with van der Waals surface area (Å²) < 4.78 is 0. The number of rotatable bonds is 2. The number of carbonyl (C=O) groups is 2. The summed E-state index contributed by atoms with van der Waals surface area (Å²) in [5, 5.41) is 3.39. The monoisotopic (exact) mass is 268 g/mol. The van der Waals surface area contributed by atoms with Crippen molar-refractivity contribution in [1.82, 2.24) is 20.0 Å². The first-order valence-corrected chi connectivity index (χ1v) is 7.01. The zero-order chi connectivity index (χ0) is 13.8. The van der Waals surface area contributed by atoms with Crippen LogP contribution in [0.25, 0.3) is 0 Å². The maximum Gasteiger partial charge on any atom is 0.224 e. The van der Waals surface area contributed by atoms with Gasteiger partial charge in [0.1, 0.15) is 0 Å². The molecule has 2 aliphatic heterocycles. The normalized spacial score (nSPS) is 25.5. The SMILES string of the molecule is CC(=O)N1CCN(C(=O)CC2CN(C)CCN2)CC1. The summed E-state index contributed by atoms with van der Waals surface area (Å²) in [7, 11) is 2.09. The van der Waals surface area contributed by atoms with Crippen molar-refractivity contribution in [2.45, 2.75) is 19.4 Å². The second-order valence-corrected chi connectivity index (χ2v) is 5.50. The highest BCUT2D eigenvalue weighted by molar-refractivity contribution is 5.78. The van der Waals surface area contributed by atoms with Gasteiger partial charge in [0.15, 0.2) is 0 Å². The summed E-state index contributed by atoms with van der Waals surface area (Å²) >= 11 is 0. The lowest BCUT2D eigenvalue weighted by molar-refractivity contribution is -0.138. The number of hydrogen-bond acceptors (Lipinski definition) is 4. The number of hydrogen-bond donors (Lipinski definition) is 1. The van der Waals surface area contributed by atoms with Gasteiger partial charge in [-0.3, -0.25) is 9.59 Å². The van der Waals surface area contributed by atoms with E-state index in [1.54, 1.807) is 11.8 Å². The summed E-state index contributed by atoms with van der Waals surface area (Å²) in [5.74, 6) is 0.304. The molecule has 2 amide bonds. The zero-order valence-corrected chi connectivity index (χ0v) is 11.9. The molecular formula is C13H24N4O2. The molecule has 2 aliphatic rings. The lowest BCUT2D eigenvalue weighted by Gasteiger charge is -2.36. The van der Waals surface area contributed by atoms with Crippen LogP contribution in [-0.2, 0) is 9.59 Å². The molecule has 19 heavy (non-hydrogen) atoms. The van der Waals surface area contributed by atoms with Crippen molar-refractivity contribution < 1.29 is 9.59 Å². The minimum absolute atomic E-state index is 0.0997. The summed E-state index contributed by atoms with van der Waals surface area (Å²) in [6.45, 7) is 7.17. The first-order chi connectivity index (χ1) is 9.06. The van der Waals surface area contributed by atoms with Crippen LogP contribution >= 0.6 is 0 Å². The molecule has 0 bridgehead atoms. The third-order valence-electron chi connectivity index (χ3n) is 3.96. The molecule has 6 heteroatoms. The topological polar surface area (TPSA) is 55.9 Å². The standard InChI is InChI=1S/C13H24N4O2/c1-11(18)16-5-7-17(8-6-16)13(19)9-12-10-15(2)4-3-14-12/h12,14H,3-10H2,1-2H3. The lowest BCUT2D eigenvalue weighted by atomic mass is 10.1. The van der Waals surface area contributed by atoms with Gasteiger partial charge in [0.2, 0.25) is 11.8 Å². The van der Waals surface area contributed by atoms with Gasteiger partial charge in [-0.15, -0.1) is 0 Å². The summed E-state index contributed by atoms with van der Waals surface area (Å²) in [6.07, 6.45) is 0.560. The second-order valence-electron chi connectivity index (χ2n) is 5.50. The van der Waals surface area contributed by atoms with Crippen LogP contribution in [0.15, 0.2) is 0 Å². The van der Waals surface area contributed by atoms with E-state index in [9.17, 15) is 9.59 Å². The molecule has 0 saturated carbocycles. The quantitative estimate of drug-likeness (QED) is 0.696.